The molecule has 1 aromatic carbocycles. The number of benzene rings is 1. The van der Waals surface area contributed by atoms with Gasteiger partial charge in [0.25, 0.3) is 0 Å². The van der Waals surface area contributed by atoms with Crippen molar-refractivity contribution in [3.05, 3.63) is 35.4 Å². The van der Waals surface area contributed by atoms with Crippen LogP contribution in [0.4, 0.5) is 0 Å². The molecule has 0 amide bonds. The number of ketones is 1. The molecule has 0 aromatic heterocycles. The van der Waals surface area contributed by atoms with Gasteiger partial charge in [0.1, 0.15) is 11.4 Å². The van der Waals surface area contributed by atoms with E-state index in [1.807, 2.05) is 0 Å². The normalized spacial score (nSPS) is 14.3. The molecule has 0 saturated heterocycles. The van der Waals surface area contributed by atoms with Gasteiger partial charge in [0.2, 0.25) is 0 Å². The molecule has 0 N–H and O–H groups in total. The van der Waals surface area contributed by atoms with E-state index in [0.717, 1.165) is 44.9 Å². The molecule has 0 saturated carbocycles. The van der Waals surface area contributed by atoms with Gasteiger partial charge in [-0.2, -0.15) is 0 Å². The molecule has 240 valence electrons. The first kappa shape index (κ1) is 38.4. The van der Waals surface area contributed by atoms with Crippen LogP contribution in [0.5, 0.6) is 0 Å². The smallest absolute Gasteiger partial charge is 0.136 e. The van der Waals surface area contributed by atoms with Gasteiger partial charge in [-0.3, -0.25) is 4.79 Å². The van der Waals surface area contributed by atoms with Gasteiger partial charge < -0.3 is 4.74 Å². The number of ether oxygens (including phenoxy) is 1. The number of hydrogen-bond acceptors (Lipinski definition) is 2. The van der Waals surface area contributed by atoms with Crippen molar-refractivity contribution in [2.24, 2.45) is 11.8 Å². The molecule has 0 fully saturated rings. The van der Waals surface area contributed by atoms with E-state index in [4.69, 9.17) is 11.2 Å². The van der Waals surface area contributed by atoms with E-state index in [9.17, 15) is 4.79 Å². The van der Waals surface area contributed by atoms with Crippen molar-refractivity contribution in [1.29, 1.82) is 0 Å². The second kappa shape index (κ2) is 24.8. The molecule has 0 radical (unpaired) electrons. The average Bonchev–Trinajstić information content (AvgIpc) is 2.99. The first-order chi connectivity index (χ1) is 20.4. The standard InChI is InChI=1S/C40H68O2/c1-7-10-11-12-13-14-15-16-17-18-19-20-21-22-23-24-25-26-39(41)36(5)33-38-29-27-37(28-30-38)32-35(4)34-40(9-3,42-6)31-8-2/h3,27-30,35-36H,7-8,10-26,31-34H2,1-2,4-6H3. The zero-order valence-electron chi connectivity index (χ0n) is 28.6. The van der Waals surface area contributed by atoms with Crippen molar-refractivity contribution in [1.82, 2.24) is 0 Å². The molecular formula is C40H68O2. The fraction of sp³-hybridized carbons (Fsp3) is 0.775. The van der Waals surface area contributed by atoms with Crippen molar-refractivity contribution >= 4 is 5.78 Å². The first-order valence-electron chi connectivity index (χ1n) is 18.0. The summed E-state index contributed by atoms with van der Waals surface area (Å²) < 4.78 is 5.74. The Balaban J connectivity index is 2.10. The van der Waals surface area contributed by atoms with Crippen LogP contribution < -0.4 is 0 Å². The van der Waals surface area contributed by atoms with E-state index in [1.165, 1.54) is 114 Å². The van der Waals surface area contributed by atoms with Crippen LogP contribution in [0.2, 0.25) is 0 Å². The minimum Gasteiger partial charge on any atom is -0.366 e. The molecule has 3 unspecified atom stereocenters. The van der Waals surface area contributed by atoms with Gasteiger partial charge >= 0.3 is 0 Å². The van der Waals surface area contributed by atoms with Crippen molar-refractivity contribution in [2.75, 3.05) is 7.11 Å². The van der Waals surface area contributed by atoms with Gasteiger partial charge in [0.15, 0.2) is 0 Å². The topological polar surface area (TPSA) is 26.3 Å². The molecular weight excluding hydrogens is 512 g/mol. The van der Waals surface area contributed by atoms with Crippen molar-refractivity contribution in [2.45, 2.75) is 181 Å². The fourth-order valence-corrected chi connectivity index (χ4v) is 6.47. The summed E-state index contributed by atoms with van der Waals surface area (Å²) in [7, 11) is 1.74. The van der Waals surface area contributed by atoms with Crippen LogP contribution in [0.15, 0.2) is 24.3 Å². The molecule has 0 aliphatic heterocycles. The molecule has 0 heterocycles. The third-order valence-corrected chi connectivity index (χ3v) is 9.21. The highest BCUT2D eigenvalue weighted by Gasteiger charge is 2.28. The lowest BCUT2D eigenvalue weighted by atomic mass is 9.85. The number of hydrogen-bond donors (Lipinski definition) is 0. The van der Waals surface area contributed by atoms with Gasteiger partial charge in [-0.25, -0.2) is 0 Å². The number of carbonyl (C=O) groups is 1. The zero-order chi connectivity index (χ0) is 30.9. The predicted octanol–water partition coefficient (Wildman–Crippen LogP) is 11.9. The summed E-state index contributed by atoms with van der Waals surface area (Å²) in [6, 6.07) is 8.86. The van der Waals surface area contributed by atoms with Gasteiger partial charge in [0, 0.05) is 19.4 Å². The summed E-state index contributed by atoms with van der Waals surface area (Å²) in [5.74, 6) is 3.89. The van der Waals surface area contributed by atoms with Crippen molar-refractivity contribution in [3.8, 4) is 12.3 Å². The Morgan fingerprint density at radius 1 is 0.714 bits per heavy atom. The fourth-order valence-electron chi connectivity index (χ4n) is 6.47. The molecule has 2 nitrogen and oxygen atoms in total. The highest BCUT2D eigenvalue weighted by atomic mass is 16.5. The number of terminal acetylenes is 1. The molecule has 42 heavy (non-hydrogen) atoms. The number of Topliss-reactive ketones (excluding diaryl/α,β-unsaturated/α-hetero) is 1. The molecule has 0 aliphatic carbocycles. The lowest BCUT2D eigenvalue weighted by molar-refractivity contribution is -0.122. The first-order valence-corrected chi connectivity index (χ1v) is 18.0. The summed E-state index contributed by atoms with van der Waals surface area (Å²) >= 11 is 0. The summed E-state index contributed by atoms with van der Waals surface area (Å²) in [6.45, 7) is 8.80. The Labute approximate surface area is 262 Å². The van der Waals surface area contributed by atoms with Gasteiger partial charge in [-0.1, -0.05) is 167 Å². The Bertz CT molecular complexity index is 819. The summed E-state index contributed by atoms with van der Waals surface area (Å²) in [4.78, 5) is 12.7. The van der Waals surface area contributed by atoms with E-state index in [1.54, 1.807) is 7.11 Å². The number of rotatable bonds is 28. The molecule has 0 bridgehead atoms. The molecule has 1 aromatic rings. The highest BCUT2D eigenvalue weighted by Crippen LogP contribution is 2.28. The summed E-state index contributed by atoms with van der Waals surface area (Å²) in [5, 5.41) is 0. The lowest BCUT2D eigenvalue weighted by Crippen LogP contribution is -2.32. The van der Waals surface area contributed by atoms with Crippen LogP contribution in [-0.2, 0) is 22.4 Å². The Morgan fingerprint density at radius 3 is 1.55 bits per heavy atom. The SMILES string of the molecule is C#CC(CCC)(CC(C)Cc1ccc(CC(C)C(=O)CCCCCCCCCCCCCCCCCCC)cc1)OC. The molecule has 0 aliphatic rings. The Morgan fingerprint density at radius 2 is 1.14 bits per heavy atom. The van der Waals surface area contributed by atoms with Gasteiger partial charge in [-0.15, -0.1) is 6.42 Å². The number of methoxy groups -OCH3 is 1. The lowest BCUT2D eigenvalue weighted by Gasteiger charge is -2.29. The van der Waals surface area contributed by atoms with E-state index in [2.05, 4.69) is 57.9 Å². The molecule has 3 atom stereocenters. The highest BCUT2D eigenvalue weighted by molar-refractivity contribution is 5.80. The van der Waals surface area contributed by atoms with Crippen LogP contribution in [0, 0.1) is 24.2 Å². The van der Waals surface area contributed by atoms with Gasteiger partial charge in [-0.05, 0) is 49.1 Å². The molecule has 0 spiro atoms. The number of carbonyl (C=O) groups excluding carboxylic acids is 1. The largest absolute Gasteiger partial charge is 0.366 e. The third kappa shape index (κ3) is 18.2. The monoisotopic (exact) mass is 581 g/mol. The van der Waals surface area contributed by atoms with E-state index >= 15 is 0 Å². The van der Waals surface area contributed by atoms with Crippen LogP contribution in [0.3, 0.4) is 0 Å². The predicted molar refractivity (Wildman–Crippen MR) is 184 cm³/mol. The second-order valence-corrected chi connectivity index (χ2v) is 13.4. The van der Waals surface area contributed by atoms with E-state index in [0.29, 0.717) is 11.7 Å². The molecule has 2 heteroatoms. The van der Waals surface area contributed by atoms with Gasteiger partial charge in [0.05, 0.1) is 0 Å². The Kier molecular flexibility index (Phi) is 22.7. The van der Waals surface area contributed by atoms with Crippen molar-refractivity contribution < 1.29 is 9.53 Å². The van der Waals surface area contributed by atoms with E-state index in [-0.39, 0.29) is 5.92 Å². The van der Waals surface area contributed by atoms with Crippen LogP contribution in [-0.4, -0.2) is 18.5 Å². The van der Waals surface area contributed by atoms with Crippen LogP contribution in [0.25, 0.3) is 0 Å². The zero-order valence-corrected chi connectivity index (χ0v) is 28.6. The third-order valence-electron chi connectivity index (χ3n) is 9.21. The maximum Gasteiger partial charge on any atom is 0.136 e. The minimum absolute atomic E-state index is 0.0998. The van der Waals surface area contributed by atoms with Crippen LogP contribution in [0.1, 0.15) is 174 Å². The average molecular weight is 581 g/mol. The maximum absolute atomic E-state index is 12.7. The van der Waals surface area contributed by atoms with Crippen LogP contribution >= 0.6 is 0 Å². The quantitative estimate of drug-likeness (QED) is 0.0728. The second-order valence-electron chi connectivity index (χ2n) is 13.4. The van der Waals surface area contributed by atoms with E-state index < -0.39 is 5.60 Å². The summed E-state index contributed by atoms with van der Waals surface area (Å²) in [5.41, 5.74) is 2.14. The number of unbranched alkanes of at least 4 members (excludes halogenated alkanes) is 16. The summed E-state index contributed by atoms with van der Waals surface area (Å²) in [6.07, 6.45) is 34.5. The minimum atomic E-state index is -0.448. The Hall–Kier alpha value is -1.59. The molecule has 1 rings (SSSR count). The van der Waals surface area contributed by atoms with Crippen molar-refractivity contribution in [3.63, 3.8) is 0 Å². The maximum atomic E-state index is 12.7.